The molecule has 0 aromatic heterocycles. The first kappa shape index (κ1) is 15.3. The van der Waals surface area contributed by atoms with E-state index in [-0.39, 0.29) is 5.97 Å². The number of rotatable bonds is 5. The zero-order chi connectivity index (χ0) is 14.9. The van der Waals surface area contributed by atoms with Gasteiger partial charge in [0.1, 0.15) is 5.54 Å². The van der Waals surface area contributed by atoms with Crippen molar-refractivity contribution in [3.63, 3.8) is 0 Å². The largest absolute Gasteiger partial charge is 0.465 e. The third-order valence-corrected chi connectivity index (χ3v) is 5.78. The molecule has 3 atom stereocenters. The zero-order valence-corrected chi connectivity index (χ0v) is 13.4. The summed E-state index contributed by atoms with van der Waals surface area (Å²) in [6, 6.07) is 0.656. The number of nitrogens with two attached hydrogens (primary N) is 1. The fraction of sp³-hybridized carbons (Fsp3) is 0.941. The minimum Gasteiger partial charge on any atom is -0.465 e. The maximum absolute atomic E-state index is 12.4. The molecule has 0 aromatic carbocycles. The summed E-state index contributed by atoms with van der Waals surface area (Å²) in [6.07, 6.45) is 10.1. The molecule has 4 nitrogen and oxygen atoms in total. The summed E-state index contributed by atoms with van der Waals surface area (Å²) in [5, 5.41) is 0. The van der Waals surface area contributed by atoms with Gasteiger partial charge in [0.25, 0.3) is 0 Å². The minimum absolute atomic E-state index is 0.176. The number of fused-ring (bicyclic) bond motifs is 1. The molecular formula is C17H30N2O2. The molecule has 1 saturated heterocycles. The number of carbonyl (C=O) groups is 1. The summed E-state index contributed by atoms with van der Waals surface area (Å²) >= 11 is 0. The average molecular weight is 294 g/mol. The normalized spacial score (nSPS) is 33.0. The second-order valence-electron chi connectivity index (χ2n) is 7.26. The van der Waals surface area contributed by atoms with Crippen molar-refractivity contribution in [1.82, 2.24) is 4.90 Å². The first-order valence-electron chi connectivity index (χ1n) is 8.85. The van der Waals surface area contributed by atoms with Gasteiger partial charge in [-0.2, -0.15) is 0 Å². The molecule has 120 valence electrons. The third kappa shape index (κ3) is 3.11. The molecule has 1 aliphatic heterocycles. The van der Waals surface area contributed by atoms with Gasteiger partial charge in [-0.15, -0.1) is 0 Å². The summed E-state index contributed by atoms with van der Waals surface area (Å²) < 4.78 is 5.30. The van der Waals surface area contributed by atoms with E-state index in [1.165, 1.54) is 38.5 Å². The molecule has 21 heavy (non-hydrogen) atoms. The highest BCUT2D eigenvalue weighted by molar-refractivity contribution is 5.82. The van der Waals surface area contributed by atoms with Gasteiger partial charge >= 0.3 is 5.97 Å². The number of piperidine rings is 1. The molecule has 4 heteroatoms. The Morgan fingerprint density at radius 1 is 1.19 bits per heavy atom. The number of carbonyl (C=O) groups excluding carboxylic acids is 1. The van der Waals surface area contributed by atoms with E-state index in [2.05, 4.69) is 4.90 Å². The molecule has 0 radical (unpaired) electrons. The van der Waals surface area contributed by atoms with Crippen molar-refractivity contribution < 1.29 is 9.53 Å². The average Bonchev–Trinajstić information content (AvgIpc) is 3.33. The van der Waals surface area contributed by atoms with Gasteiger partial charge in [-0.05, 0) is 63.8 Å². The van der Waals surface area contributed by atoms with Crippen LogP contribution < -0.4 is 5.73 Å². The van der Waals surface area contributed by atoms with E-state index in [4.69, 9.17) is 10.5 Å². The van der Waals surface area contributed by atoms with Gasteiger partial charge in [0.05, 0.1) is 6.61 Å². The Kier molecular flexibility index (Phi) is 4.55. The molecule has 0 amide bonds. The second kappa shape index (κ2) is 6.25. The van der Waals surface area contributed by atoms with Crippen LogP contribution in [0.25, 0.3) is 0 Å². The quantitative estimate of drug-likeness (QED) is 0.791. The van der Waals surface area contributed by atoms with Gasteiger partial charge in [0, 0.05) is 12.6 Å². The van der Waals surface area contributed by atoms with Gasteiger partial charge in [-0.25, -0.2) is 4.79 Å². The van der Waals surface area contributed by atoms with E-state index in [0.717, 1.165) is 25.3 Å². The van der Waals surface area contributed by atoms with Crippen molar-refractivity contribution in [2.75, 3.05) is 19.7 Å². The van der Waals surface area contributed by atoms with Crippen LogP contribution in [0.4, 0.5) is 0 Å². The van der Waals surface area contributed by atoms with Crippen LogP contribution in [0.2, 0.25) is 0 Å². The molecule has 1 heterocycles. The molecule has 2 N–H and O–H groups in total. The van der Waals surface area contributed by atoms with Crippen LogP contribution >= 0.6 is 0 Å². The zero-order valence-electron chi connectivity index (χ0n) is 13.4. The van der Waals surface area contributed by atoms with Crippen molar-refractivity contribution in [2.24, 2.45) is 17.6 Å². The van der Waals surface area contributed by atoms with Crippen LogP contribution in [-0.2, 0) is 9.53 Å². The lowest BCUT2D eigenvalue weighted by atomic mass is 9.77. The van der Waals surface area contributed by atoms with Crippen molar-refractivity contribution in [1.29, 1.82) is 0 Å². The van der Waals surface area contributed by atoms with E-state index in [0.29, 0.717) is 25.1 Å². The number of esters is 1. The Labute approximate surface area is 128 Å². The van der Waals surface area contributed by atoms with E-state index in [9.17, 15) is 4.79 Å². The fourth-order valence-corrected chi connectivity index (χ4v) is 4.48. The molecule has 2 saturated carbocycles. The van der Waals surface area contributed by atoms with Crippen LogP contribution in [0.5, 0.6) is 0 Å². The smallest absolute Gasteiger partial charge is 0.327 e. The van der Waals surface area contributed by atoms with E-state index in [1.807, 2.05) is 6.92 Å². The molecule has 0 spiro atoms. The Bertz CT molecular complexity index is 381. The Morgan fingerprint density at radius 3 is 2.62 bits per heavy atom. The van der Waals surface area contributed by atoms with Gasteiger partial charge < -0.3 is 10.5 Å². The highest BCUT2D eigenvalue weighted by Gasteiger charge is 2.51. The third-order valence-electron chi connectivity index (χ3n) is 5.78. The molecule has 2 aliphatic carbocycles. The van der Waals surface area contributed by atoms with Gasteiger partial charge in [-0.3, -0.25) is 4.90 Å². The predicted molar refractivity (Wildman–Crippen MR) is 82.8 cm³/mol. The Hall–Kier alpha value is -0.610. The van der Waals surface area contributed by atoms with Crippen molar-refractivity contribution >= 4 is 5.97 Å². The second-order valence-corrected chi connectivity index (χ2v) is 7.26. The maximum atomic E-state index is 12.4. The Balaban J connectivity index is 1.71. The molecule has 3 rings (SSSR count). The fourth-order valence-electron chi connectivity index (χ4n) is 4.48. The number of hydrogen-bond donors (Lipinski definition) is 1. The summed E-state index contributed by atoms with van der Waals surface area (Å²) in [7, 11) is 0. The van der Waals surface area contributed by atoms with Crippen LogP contribution in [0, 0.1) is 11.8 Å². The first-order chi connectivity index (χ1) is 10.1. The lowest BCUT2D eigenvalue weighted by Gasteiger charge is -2.46. The maximum Gasteiger partial charge on any atom is 0.327 e. The first-order valence-corrected chi connectivity index (χ1v) is 8.85. The monoisotopic (exact) mass is 294 g/mol. The number of likely N-dealkylation sites (tertiary alicyclic amines) is 1. The lowest BCUT2D eigenvalue weighted by molar-refractivity contribution is -0.152. The van der Waals surface area contributed by atoms with E-state index in [1.54, 1.807) is 0 Å². The van der Waals surface area contributed by atoms with Crippen molar-refractivity contribution in [3.05, 3.63) is 0 Å². The van der Waals surface area contributed by atoms with Crippen molar-refractivity contribution in [2.45, 2.75) is 69.9 Å². The van der Waals surface area contributed by atoms with E-state index < -0.39 is 5.54 Å². The lowest BCUT2D eigenvalue weighted by Crippen LogP contribution is -2.62. The topological polar surface area (TPSA) is 55.6 Å². The highest BCUT2D eigenvalue weighted by Crippen LogP contribution is 2.42. The van der Waals surface area contributed by atoms with Crippen LogP contribution in [-0.4, -0.2) is 42.1 Å². The molecule has 1 unspecified atom stereocenters. The minimum atomic E-state index is -0.769. The van der Waals surface area contributed by atoms with Gasteiger partial charge in [-0.1, -0.05) is 12.8 Å². The SMILES string of the molecule is CCOC(=O)C(N)(CN1CCC[C@H]2CCCC[C@H]21)C1CC1. The molecule has 0 aromatic rings. The summed E-state index contributed by atoms with van der Waals surface area (Å²) in [5.74, 6) is 0.990. The summed E-state index contributed by atoms with van der Waals surface area (Å²) in [5.41, 5.74) is 5.80. The summed E-state index contributed by atoms with van der Waals surface area (Å²) in [4.78, 5) is 14.9. The highest BCUT2D eigenvalue weighted by atomic mass is 16.5. The number of ether oxygens (including phenoxy) is 1. The standard InChI is InChI=1S/C17H30N2O2/c1-2-21-16(20)17(18,14-9-10-14)12-19-11-5-7-13-6-3-4-8-15(13)19/h13-15H,2-12,18H2,1H3/t13-,15-,17?/m1/s1. The summed E-state index contributed by atoms with van der Waals surface area (Å²) in [6.45, 7) is 4.10. The number of nitrogens with zero attached hydrogens (tertiary/aromatic N) is 1. The predicted octanol–water partition coefficient (Wildman–Crippen LogP) is 2.31. The molecule has 3 fully saturated rings. The van der Waals surface area contributed by atoms with E-state index >= 15 is 0 Å². The van der Waals surface area contributed by atoms with Gasteiger partial charge in [0.15, 0.2) is 0 Å². The number of hydrogen-bond acceptors (Lipinski definition) is 4. The van der Waals surface area contributed by atoms with Gasteiger partial charge in [0.2, 0.25) is 0 Å². The van der Waals surface area contributed by atoms with Crippen LogP contribution in [0.3, 0.4) is 0 Å². The van der Waals surface area contributed by atoms with Crippen molar-refractivity contribution in [3.8, 4) is 0 Å². The molecular weight excluding hydrogens is 264 g/mol. The van der Waals surface area contributed by atoms with Crippen LogP contribution in [0.15, 0.2) is 0 Å². The van der Waals surface area contributed by atoms with Crippen LogP contribution in [0.1, 0.15) is 58.3 Å². The Morgan fingerprint density at radius 2 is 1.90 bits per heavy atom. The molecule has 0 bridgehead atoms. The molecule has 3 aliphatic rings.